The molecule has 0 spiro atoms. The van der Waals surface area contributed by atoms with Gasteiger partial charge in [-0.1, -0.05) is 55.3 Å². The van der Waals surface area contributed by atoms with Crippen molar-refractivity contribution in [2.24, 2.45) is 17.8 Å². The molecule has 3 N–H and O–H groups in total. The molecule has 43 heavy (non-hydrogen) atoms. The lowest BCUT2D eigenvalue weighted by molar-refractivity contribution is -0.132. The molecule has 3 aromatic rings. The van der Waals surface area contributed by atoms with Crippen molar-refractivity contribution in [2.45, 2.75) is 64.1 Å². The second-order valence-corrected chi connectivity index (χ2v) is 12.4. The molecule has 1 aliphatic carbocycles. The normalized spacial score (nSPS) is 23.7. The van der Waals surface area contributed by atoms with Gasteiger partial charge in [-0.2, -0.15) is 0 Å². The molecule has 5 unspecified atom stereocenters. The third-order valence-electron chi connectivity index (χ3n) is 9.30. The predicted molar refractivity (Wildman–Crippen MR) is 163 cm³/mol. The maximum Gasteiger partial charge on any atom is 0.271 e. The van der Waals surface area contributed by atoms with Gasteiger partial charge in [0.25, 0.3) is 5.91 Å². The Morgan fingerprint density at radius 1 is 1.12 bits per heavy atom. The van der Waals surface area contributed by atoms with E-state index >= 15 is 0 Å². The highest BCUT2D eigenvalue weighted by atomic mass is 35.5. The molecule has 9 nitrogen and oxygen atoms in total. The zero-order chi connectivity index (χ0) is 30.1. The molecule has 3 aliphatic rings. The van der Waals surface area contributed by atoms with Gasteiger partial charge >= 0.3 is 0 Å². The van der Waals surface area contributed by atoms with Crippen LogP contribution < -0.4 is 15.4 Å². The zero-order valence-electron chi connectivity index (χ0n) is 24.2. The Bertz CT molecular complexity index is 1540. The molecule has 1 aromatic heterocycles. The molecule has 1 saturated carbocycles. The average molecular weight is 605 g/mol. The van der Waals surface area contributed by atoms with Crippen molar-refractivity contribution in [3.05, 3.63) is 64.8 Å². The molecule has 3 heterocycles. The lowest BCUT2D eigenvalue weighted by Gasteiger charge is -2.29. The van der Waals surface area contributed by atoms with Gasteiger partial charge in [0, 0.05) is 36.9 Å². The number of aromatic amines is 1. The zero-order valence-corrected chi connectivity index (χ0v) is 25.0. The summed E-state index contributed by atoms with van der Waals surface area (Å²) in [7, 11) is 0. The summed E-state index contributed by atoms with van der Waals surface area (Å²) in [6, 6.07) is 13.7. The second kappa shape index (κ2) is 12.4. The van der Waals surface area contributed by atoms with E-state index < -0.39 is 12.1 Å². The SMILES string of the molecule is CCC(=O)C(CC1CCNC1=O)NC(=O)C1C2CCCC2CN1C(=O)c1cc2c(Cl)cc(OCc3ccccc3)cc2[nH]1. The van der Waals surface area contributed by atoms with Crippen LogP contribution in [0.15, 0.2) is 48.5 Å². The first-order chi connectivity index (χ1) is 20.8. The number of benzene rings is 2. The van der Waals surface area contributed by atoms with Gasteiger partial charge in [0.15, 0.2) is 5.78 Å². The fourth-order valence-electron chi connectivity index (χ4n) is 7.04. The van der Waals surface area contributed by atoms with E-state index in [1.54, 1.807) is 24.0 Å². The van der Waals surface area contributed by atoms with Gasteiger partial charge in [0.05, 0.1) is 16.6 Å². The number of ether oxygens (including phenoxy) is 1. The summed E-state index contributed by atoms with van der Waals surface area (Å²) in [5, 5.41) is 6.93. The maximum absolute atomic E-state index is 14.0. The van der Waals surface area contributed by atoms with E-state index in [4.69, 9.17) is 16.3 Å². The third-order valence-corrected chi connectivity index (χ3v) is 9.61. The number of H-pyrrole nitrogens is 1. The van der Waals surface area contributed by atoms with Crippen molar-refractivity contribution in [1.29, 1.82) is 0 Å². The summed E-state index contributed by atoms with van der Waals surface area (Å²) >= 11 is 6.61. The molecule has 6 rings (SSSR count). The Kier molecular flexibility index (Phi) is 8.43. The molecule has 226 valence electrons. The van der Waals surface area contributed by atoms with Crippen LogP contribution in [0.4, 0.5) is 0 Å². The van der Waals surface area contributed by atoms with Gasteiger partial charge < -0.3 is 25.3 Å². The summed E-state index contributed by atoms with van der Waals surface area (Å²) in [4.78, 5) is 57.8. The summed E-state index contributed by atoms with van der Waals surface area (Å²) in [6.07, 6.45) is 3.99. The number of hydrogen-bond acceptors (Lipinski definition) is 5. The number of rotatable bonds is 10. The third kappa shape index (κ3) is 6.00. The van der Waals surface area contributed by atoms with Crippen LogP contribution in [0.25, 0.3) is 10.9 Å². The second-order valence-electron chi connectivity index (χ2n) is 12.0. The number of amides is 3. The highest BCUT2D eigenvalue weighted by Crippen LogP contribution is 2.43. The Labute approximate surface area is 255 Å². The summed E-state index contributed by atoms with van der Waals surface area (Å²) in [5.74, 6) is -0.253. The van der Waals surface area contributed by atoms with Gasteiger partial charge in [-0.25, -0.2) is 0 Å². The first kappa shape index (κ1) is 29.2. The van der Waals surface area contributed by atoms with Crippen molar-refractivity contribution in [3.8, 4) is 5.75 Å². The van der Waals surface area contributed by atoms with E-state index in [0.29, 0.717) is 53.5 Å². The van der Waals surface area contributed by atoms with Crippen molar-refractivity contribution in [3.63, 3.8) is 0 Å². The molecule has 2 aliphatic heterocycles. The Hall–Kier alpha value is -3.85. The van der Waals surface area contributed by atoms with Crippen molar-refractivity contribution in [2.75, 3.05) is 13.1 Å². The predicted octanol–water partition coefficient (Wildman–Crippen LogP) is 4.63. The molecular weight excluding hydrogens is 568 g/mol. The number of Topliss-reactive ketones (excluding diaryl/α,β-unsaturated/α-hetero) is 1. The molecule has 0 radical (unpaired) electrons. The smallest absolute Gasteiger partial charge is 0.271 e. The van der Waals surface area contributed by atoms with E-state index in [9.17, 15) is 19.2 Å². The number of nitrogens with zero attached hydrogens (tertiary/aromatic N) is 1. The minimum atomic E-state index is -0.759. The molecule has 3 fully saturated rings. The number of hydrogen-bond donors (Lipinski definition) is 3. The Morgan fingerprint density at radius 3 is 2.67 bits per heavy atom. The van der Waals surface area contributed by atoms with Crippen LogP contribution >= 0.6 is 11.6 Å². The molecule has 3 amide bonds. The van der Waals surface area contributed by atoms with Gasteiger partial charge in [0.1, 0.15) is 24.1 Å². The van der Waals surface area contributed by atoms with Gasteiger partial charge in [-0.15, -0.1) is 0 Å². The van der Waals surface area contributed by atoms with Crippen molar-refractivity contribution >= 4 is 46.0 Å². The van der Waals surface area contributed by atoms with Gasteiger partial charge in [0.2, 0.25) is 11.8 Å². The Balaban J connectivity index is 1.22. The average Bonchev–Trinajstić information content (AvgIpc) is 3.80. The molecular formula is C33H37ClN4O5. The number of carbonyl (C=O) groups excluding carboxylic acids is 4. The Morgan fingerprint density at radius 2 is 1.93 bits per heavy atom. The van der Waals surface area contributed by atoms with Crippen LogP contribution in [-0.4, -0.2) is 58.6 Å². The number of fused-ring (bicyclic) bond motifs is 2. The van der Waals surface area contributed by atoms with Crippen LogP contribution in [0, 0.1) is 17.8 Å². The first-order valence-electron chi connectivity index (χ1n) is 15.2. The van der Waals surface area contributed by atoms with E-state index in [2.05, 4.69) is 15.6 Å². The highest BCUT2D eigenvalue weighted by molar-refractivity contribution is 6.35. The van der Waals surface area contributed by atoms with Crippen molar-refractivity contribution < 1.29 is 23.9 Å². The molecule has 0 bridgehead atoms. The van der Waals surface area contributed by atoms with Gasteiger partial charge in [-0.3, -0.25) is 19.2 Å². The van der Waals surface area contributed by atoms with E-state index in [1.807, 2.05) is 36.4 Å². The molecule has 2 saturated heterocycles. The minimum absolute atomic E-state index is 0.0297. The van der Waals surface area contributed by atoms with Crippen LogP contribution in [0.5, 0.6) is 5.75 Å². The molecule has 10 heteroatoms. The lowest BCUT2D eigenvalue weighted by Crippen LogP contribution is -2.53. The summed E-state index contributed by atoms with van der Waals surface area (Å²) in [5.41, 5.74) is 2.04. The summed E-state index contributed by atoms with van der Waals surface area (Å²) < 4.78 is 5.96. The molecule has 5 atom stereocenters. The number of likely N-dealkylation sites (tertiary alicyclic amines) is 1. The van der Waals surface area contributed by atoms with Crippen LogP contribution in [-0.2, 0) is 21.0 Å². The number of aromatic nitrogens is 1. The van der Waals surface area contributed by atoms with E-state index in [0.717, 1.165) is 24.8 Å². The number of ketones is 1. The van der Waals surface area contributed by atoms with E-state index in [1.165, 1.54) is 0 Å². The van der Waals surface area contributed by atoms with Crippen LogP contribution in [0.2, 0.25) is 5.02 Å². The maximum atomic E-state index is 14.0. The van der Waals surface area contributed by atoms with Crippen LogP contribution in [0.3, 0.4) is 0 Å². The van der Waals surface area contributed by atoms with Gasteiger partial charge in [-0.05, 0) is 55.2 Å². The summed E-state index contributed by atoms with van der Waals surface area (Å²) in [6.45, 7) is 3.20. The minimum Gasteiger partial charge on any atom is -0.489 e. The number of nitrogens with one attached hydrogen (secondary N) is 3. The fraction of sp³-hybridized carbons (Fsp3) is 0.455. The van der Waals surface area contributed by atoms with Crippen molar-refractivity contribution in [1.82, 2.24) is 20.5 Å². The first-order valence-corrected chi connectivity index (χ1v) is 15.6. The van der Waals surface area contributed by atoms with E-state index in [-0.39, 0.29) is 54.1 Å². The largest absolute Gasteiger partial charge is 0.489 e. The number of halogens is 1. The number of carbonyl (C=O) groups is 4. The van der Waals surface area contributed by atoms with Crippen LogP contribution in [0.1, 0.15) is 61.5 Å². The monoisotopic (exact) mass is 604 g/mol. The molecule has 2 aromatic carbocycles. The fourth-order valence-corrected chi connectivity index (χ4v) is 7.31. The highest BCUT2D eigenvalue weighted by Gasteiger charge is 2.50. The standard InChI is InChI=1S/C33H37ClN4O5/c1-2-29(39)27(13-20-11-12-35-31(20)40)37-32(41)30-23-10-6-9-21(23)17-38(30)33(42)28-16-24-25(34)14-22(15-26(24)36-28)43-18-19-7-4-3-5-8-19/h3-5,7-8,14-16,20-21,23,27,30,36H,2,6,9-13,17-18H2,1H3,(H,35,40)(H,37,41). The lowest BCUT2D eigenvalue weighted by atomic mass is 9.91. The topological polar surface area (TPSA) is 121 Å². The quantitative estimate of drug-likeness (QED) is 0.312.